The van der Waals surface area contributed by atoms with Crippen LogP contribution in [0.15, 0.2) is 53.5 Å². The number of benzene rings is 1. The molecule has 2 aromatic rings. The number of rotatable bonds is 4. The van der Waals surface area contributed by atoms with Crippen LogP contribution in [0.3, 0.4) is 0 Å². The van der Waals surface area contributed by atoms with Crippen molar-refractivity contribution in [2.45, 2.75) is 0 Å². The molecule has 5 nitrogen and oxygen atoms in total. The molecule has 1 heterocycles. The van der Waals surface area contributed by atoms with E-state index < -0.39 is 0 Å². The summed E-state index contributed by atoms with van der Waals surface area (Å²) >= 11 is 0. The number of anilines is 1. The molecule has 20 heavy (non-hydrogen) atoms. The Balaban J connectivity index is 2.37. The second-order valence-electron chi connectivity index (χ2n) is 4.15. The molecule has 0 bridgehead atoms. The van der Waals surface area contributed by atoms with E-state index in [-0.39, 0.29) is 0 Å². The van der Waals surface area contributed by atoms with Crippen LogP contribution in [0.5, 0.6) is 0 Å². The van der Waals surface area contributed by atoms with Crippen molar-refractivity contribution in [2.24, 2.45) is 9.98 Å². The molecule has 0 aliphatic rings. The summed E-state index contributed by atoms with van der Waals surface area (Å²) in [5, 5.41) is 0. The van der Waals surface area contributed by atoms with Crippen LogP contribution in [0.1, 0.15) is 5.56 Å². The van der Waals surface area contributed by atoms with Crippen molar-refractivity contribution in [2.75, 3.05) is 12.8 Å². The third-order valence-electron chi connectivity index (χ3n) is 2.63. The Morgan fingerprint density at radius 3 is 2.65 bits per heavy atom. The monoisotopic (exact) mass is 265 g/mol. The van der Waals surface area contributed by atoms with Crippen LogP contribution in [-0.2, 0) is 0 Å². The van der Waals surface area contributed by atoms with Gasteiger partial charge in [0.15, 0.2) is 0 Å². The maximum Gasteiger partial charge on any atom is 0.115 e. The molecule has 0 spiro atoms. The van der Waals surface area contributed by atoms with Gasteiger partial charge in [0.2, 0.25) is 0 Å². The minimum atomic E-state index is 0.653. The van der Waals surface area contributed by atoms with Gasteiger partial charge in [0.05, 0.1) is 0 Å². The van der Waals surface area contributed by atoms with E-state index in [1.165, 1.54) is 12.7 Å². The van der Waals surface area contributed by atoms with Gasteiger partial charge in [0.25, 0.3) is 0 Å². The van der Waals surface area contributed by atoms with E-state index in [1.54, 1.807) is 25.7 Å². The first kappa shape index (κ1) is 13.6. The predicted octanol–water partition coefficient (Wildman–Crippen LogP) is 2.47. The molecule has 1 aromatic carbocycles. The molecule has 0 radical (unpaired) electrons. The van der Waals surface area contributed by atoms with Gasteiger partial charge < -0.3 is 5.73 Å². The van der Waals surface area contributed by atoms with Crippen LogP contribution < -0.4 is 5.73 Å². The van der Waals surface area contributed by atoms with Gasteiger partial charge in [-0.05, 0) is 34.9 Å². The summed E-state index contributed by atoms with van der Waals surface area (Å²) in [5.74, 6) is 0. The largest absolute Gasteiger partial charge is 0.399 e. The number of allylic oxidation sites excluding steroid dienone is 1. The maximum atomic E-state index is 5.94. The summed E-state index contributed by atoms with van der Waals surface area (Å²) < 4.78 is 0. The topological polar surface area (TPSA) is 76.5 Å². The van der Waals surface area contributed by atoms with E-state index in [2.05, 4.69) is 26.5 Å². The molecule has 0 saturated carbocycles. The predicted molar refractivity (Wildman–Crippen MR) is 83.8 cm³/mol. The van der Waals surface area contributed by atoms with E-state index in [1.807, 2.05) is 18.2 Å². The van der Waals surface area contributed by atoms with Gasteiger partial charge >= 0.3 is 0 Å². The van der Waals surface area contributed by atoms with Crippen molar-refractivity contribution in [1.29, 1.82) is 0 Å². The maximum absolute atomic E-state index is 5.94. The molecule has 0 unspecified atom stereocenters. The average molecular weight is 265 g/mol. The van der Waals surface area contributed by atoms with Crippen molar-refractivity contribution in [3.05, 3.63) is 49.1 Å². The summed E-state index contributed by atoms with van der Waals surface area (Å²) in [6.45, 7) is 3.97. The molecule has 5 heteroatoms. The SMILES string of the molecule is C=C(/C=N\C=N/C)c1cc(N)cc(-c2cncnc2)c1. The van der Waals surface area contributed by atoms with Crippen LogP contribution >= 0.6 is 0 Å². The Morgan fingerprint density at radius 1 is 1.20 bits per heavy atom. The minimum Gasteiger partial charge on any atom is -0.399 e. The number of nitrogen functional groups attached to an aromatic ring is 1. The molecule has 100 valence electrons. The Bertz CT molecular complexity index is 659. The van der Waals surface area contributed by atoms with Gasteiger partial charge in [0.1, 0.15) is 12.7 Å². The highest BCUT2D eigenvalue weighted by molar-refractivity contribution is 6.11. The standard InChI is InChI=1S/C15H15N5/c1-11(6-18-9-17-2)12-3-13(5-15(16)4-12)14-7-19-10-20-8-14/h3-10H,1,16H2,2H3/b17-9-,18-6-. The molecule has 0 fully saturated rings. The molecular weight excluding hydrogens is 250 g/mol. The Kier molecular flexibility index (Phi) is 4.34. The first-order valence-corrected chi connectivity index (χ1v) is 5.99. The second kappa shape index (κ2) is 6.38. The zero-order chi connectivity index (χ0) is 14.4. The molecule has 0 saturated heterocycles. The van der Waals surface area contributed by atoms with Gasteiger partial charge in [-0.3, -0.25) is 4.99 Å². The van der Waals surface area contributed by atoms with Crippen LogP contribution in [0.25, 0.3) is 16.7 Å². The first-order valence-electron chi connectivity index (χ1n) is 5.99. The van der Waals surface area contributed by atoms with Gasteiger partial charge in [-0.15, -0.1) is 0 Å². The van der Waals surface area contributed by atoms with Crippen molar-refractivity contribution in [3.8, 4) is 11.1 Å². The van der Waals surface area contributed by atoms with Crippen LogP contribution in [0.2, 0.25) is 0 Å². The fourth-order valence-corrected chi connectivity index (χ4v) is 1.72. The number of aliphatic imine (C=N–C) groups is 2. The zero-order valence-electron chi connectivity index (χ0n) is 11.2. The van der Waals surface area contributed by atoms with Gasteiger partial charge in [-0.1, -0.05) is 6.58 Å². The lowest BCUT2D eigenvalue weighted by Gasteiger charge is -2.07. The number of nitrogens with zero attached hydrogens (tertiary/aromatic N) is 4. The smallest absolute Gasteiger partial charge is 0.115 e. The molecule has 2 rings (SSSR count). The lowest BCUT2D eigenvalue weighted by Crippen LogP contribution is -1.92. The summed E-state index contributed by atoms with van der Waals surface area (Å²) in [5.41, 5.74) is 10.1. The van der Waals surface area contributed by atoms with Gasteiger partial charge in [-0.2, -0.15) is 0 Å². The number of aromatic nitrogens is 2. The quantitative estimate of drug-likeness (QED) is 0.524. The second-order valence-corrected chi connectivity index (χ2v) is 4.15. The fourth-order valence-electron chi connectivity index (χ4n) is 1.72. The number of hydrogen-bond acceptors (Lipinski definition) is 4. The Morgan fingerprint density at radius 2 is 1.95 bits per heavy atom. The molecular formula is C15H15N5. The number of hydrogen-bond donors (Lipinski definition) is 1. The first-order chi connectivity index (χ1) is 9.70. The molecule has 0 aliphatic carbocycles. The third kappa shape index (κ3) is 3.35. The fraction of sp³-hybridized carbons (Fsp3) is 0.0667. The van der Waals surface area contributed by atoms with Gasteiger partial charge in [-0.25, -0.2) is 15.0 Å². The molecule has 0 amide bonds. The summed E-state index contributed by atoms with van der Waals surface area (Å²) in [6, 6.07) is 5.71. The van der Waals surface area contributed by atoms with E-state index in [4.69, 9.17) is 5.73 Å². The van der Waals surface area contributed by atoms with Crippen molar-refractivity contribution < 1.29 is 0 Å². The van der Waals surface area contributed by atoms with Crippen LogP contribution in [0.4, 0.5) is 5.69 Å². The summed E-state index contributed by atoms with van der Waals surface area (Å²) in [7, 11) is 1.66. The van der Waals surface area contributed by atoms with Crippen LogP contribution in [0, 0.1) is 0 Å². The normalized spacial score (nSPS) is 11.2. The summed E-state index contributed by atoms with van der Waals surface area (Å²) in [4.78, 5) is 15.8. The highest BCUT2D eigenvalue weighted by Crippen LogP contribution is 2.25. The summed E-state index contributed by atoms with van der Waals surface area (Å²) in [6.07, 6.45) is 8.08. The average Bonchev–Trinajstić information content (AvgIpc) is 2.47. The van der Waals surface area contributed by atoms with E-state index in [0.717, 1.165) is 22.3 Å². The highest BCUT2D eigenvalue weighted by atomic mass is 14.8. The molecule has 1 aromatic heterocycles. The minimum absolute atomic E-state index is 0.653. The van der Waals surface area contributed by atoms with Crippen molar-refractivity contribution in [3.63, 3.8) is 0 Å². The Labute approximate surface area is 117 Å². The third-order valence-corrected chi connectivity index (χ3v) is 2.63. The molecule has 0 atom stereocenters. The zero-order valence-corrected chi connectivity index (χ0v) is 11.2. The number of nitrogens with two attached hydrogens (primary N) is 1. The lowest BCUT2D eigenvalue weighted by atomic mass is 10.0. The molecule has 0 aliphatic heterocycles. The van der Waals surface area contributed by atoms with E-state index in [9.17, 15) is 0 Å². The van der Waals surface area contributed by atoms with Crippen LogP contribution in [-0.4, -0.2) is 29.6 Å². The van der Waals surface area contributed by atoms with E-state index in [0.29, 0.717) is 5.69 Å². The van der Waals surface area contributed by atoms with Crippen molar-refractivity contribution in [1.82, 2.24) is 9.97 Å². The van der Waals surface area contributed by atoms with E-state index >= 15 is 0 Å². The highest BCUT2D eigenvalue weighted by Gasteiger charge is 2.04. The van der Waals surface area contributed by atoms with Crippen molar-refractivity contribution >= 4 is 23.8 Å². The molecule has 2 N–H and O–H groups in total. The lowest BCUT2D eigenvalue weighted by molar-refractivity contribution is 1.17. The van der Waals surface area contributed by atoms with Gasteiger partial charge in [0, 0.05) is 36.9 Å². The Hall–Kier alpha value is -2.82.